The first-order valence-electron chi connectivity index (χ1n) is 8.68. The maximum Gasteiger partial charge on any atom is 0.319 e. The van der Waals surface area contributed by atoms with Crippen LogP contribution in [-0.4, -0.2) is 26.2 Å². The minimum Gasteiger partial charge on any atom is -0.495 e. The van der Waals surface area contributed by atoms with Crippen LogP contribution in [0, 0.1) is 0 Å². The van der Waals surface area contributed by atoms with Gasteiger partial charge in [-0.2, -0.15) is 8.78 Å². The van der Waals surface area contributed by atoms with Crippen LogP contribution in [-0.2, 0) is 5.75 Å². The van der Waals surface area contributed by atoms with Gasteiger partial charge in [-0.05, 0) is 24.3 Å². The highest BCUT2D eigenvalue weighted by atomic mass is 32.2. The molecule has 0 aliphatic heterocycles. The Balaban J connectivity index is 1.86. The van der Waals surface area contributed by atoms with Gasteiger partial charge in [0.15, 0.2) is 5.16 Å². The molecule has 0 bridgehead atoms. The van der Waals surface area contributed by atoms with Crippen molar-refractivity contribution in [2.45, 2.75) is 17.5 Å². The fraction of sp³-hybridized carbons (Fsp3) is 0.150. The van der Waals surface area contributed by atoms with E-state index in [9.17, 15) is 13.6 Å². The van der Waals surface area contributed by atoms with Crippen LogP contribution in [0.5, 0.6) is 5.75 Å². The summed E-state index contributed by atoms with van der Waals surface area (Å²) in [7, 11) is 1.52. The van der Waals surface area contributed by atoms with Gasteiger partial charge in [0.25, 0.3) is 5.56 Å². The predicted octanol–water partition coefficient (Wildman–Crippen LogP) is 4.28. The third-order valence-corrected chi connectivity index (χ3v) is 5.30. The summed E-state index contributed by atoms with van der Waals surface area (Å²) >= 11 is 1.16. The molecule has 2 aromatic carbocycles. The zero-order valence-electron chi connectivity index (χ0n) is 15.3. The van der Waals surface area contributed by atoms with Crippen LogP contribution in [0.15, 0.2) is 70.9 Å². The molecule has 0 saturated heterocycles. The van der Waals surface area contributed by atoms with Crippen molar-refractivity contribution in [2.75, 3.05) is 7.11 Å². The van der Waals surface area contributed by atoms with Gasteiger partial charge in [-0.25, -0.2) is 9.97 Å². The normalized spacial score (nSPS) is 11.3. The highest BCUT2D eigenvalue weighted by molar-refractivity contribution is 7.98. The van der Waals surface area contributed by atoms with Gasteiger partial charge in [-0.3, -0.25) is 13.9 Å². The molecule has 29 heavy (non-hydrogen) atoms. The van der Waals surface area contributed by atoms with Crippen molar-refractivity contribution in [1.29, 1.82) is 0 Å². The maximum atomic E-state index is 13.3. The highest BCUT2D eigenvalue weighted by Gasteiger charge is 2.18. The number of nitrogens with zero attached hydrogens (tertiary/aromatic N) is 4. The third kappa shape index (κ3) is 3.61. The van der Waals surface area contributed by atoms with Crippen LogP contribution < -0.4 is 10.3 Å². The zero-order valence-corrected chi connectivity index (χ0v) is 16.1. The van der Waals surface area contributed by atoms with Crippen molar-refractivity contribution in [2.24, 2.45) is 0 Å². The first-order chi connectivity index (χ1) is 14.1. The van der Waals surface area contributed by atoms with Crippen LogP contribution in [0.25, 0.3) is 16.6 Å². The minimum absolute atomic E-state index is 0.122. The van der Waals surface area contributed by atoms with Crippen molar-refractivity contribution >= 4 is 22.7 Å². The number of methoxy groups -OCH3 is 1. The fourth-order valence-corrected chi connectivity index (χ4v) is 3.95. The first-order valence-corrected chi connectivity index (χ1v) is 9.66. The van der Waals surface area contributed by atoms with Crippen molar-refractivity contribution in [3.8, 4) is 11.4 Å². The van der Waals surface area contributed by atoms with Gasteiger partial charge < -0.3 is 4.74 Å². The molecular formula is C20H16F2N4O2S. The molecule has 6 nitrogen and oxygen atoms in total. The summed E-state index contributed by atoms with van der Waals surface area (Å²) in [6.45, 7) is -2.69. The Bertz CT molecular complexity index is 1220. The lowest BCUT2D eigenvalue weighted by atomic mass is 10.2. The van der Waals surface area contributed by atoms with Crippen molar-refractivity contribution < 1.29 is 13.5 Å². The van der Waals surface area contributed by atoms with E-state index in [-0.39, 0.29) is 17.1 Å². The molecule has 2 heterocycles. The van der Waals surface area contributed by atoms with E-state index in [4.69, 9.17) is 4.74 Å². The minimum atomic E-state index is -2.69. The molecule has 0 unspecified atom stereocenters. The van der Waals surface area contributed by atoms with Gasteiger partial charge in [0.05, 0.1) is 29.5 Å². The van der Waals surface area contributed by atoms with E-state index in [0.717, 1.165) is 16.3 Å². The Morgan fingerprint density at radius 1 is 1.14 bits per heavy atom. The molecule has 0 spiro atoms. The van der Waals surface area contributed by atoms with E-state index in [1.807, 2.05) is 0 Å². The summed E-state index contributed by atoms with van der Waals surface area (Å²) in [5.41, 5.74) is 0.793. The second-order valence-electron chi connectivity index (χ2n) is 6.04. The van der Waals surface area contributed by atoms with Gasteiger partial charge in [0.1, 0.15) is 11.6 Å². The first kappa shape index (κ1) is 19.1. The highest BCUT2D eigenvalue weighted by Crippen LogP contribution is 2.29. The summed E-state index contributed by atoms with van der Waals surface area (Å²) < 4.78 is 33.9. The monoisotopic (exact) mass is 414 g/mol. The lowest BCUT2D eigenvalue weighted by Gasteiger charge is -2.15. The van der Waals surface area contributed by atoms with E-state index >= 15 is 0 Å². The largest absolute Gasteiger partial charge is 0.495 e. The van der Waals surface area contributed by atoms with Crippen LogP contribution in [0.2, 0.25) is 0 Å². The standard InChI is InChI=1S/C20H16F2N4O2S/c1-28-16-9-5-4-8-15(16)26-18(27)13-6-2-3-7-14(13)24-20(26)29-12-17-23-10-11-25(17)19(21)22/h2-11,19H,12H2,1H3. The molecule has 4 rings (SSSR count). The molecule has 0 fully saturated rings. The Kier molecular flexibility index (Phi) is 5.30. The fourth-order valence-electron chi connectivity index (χ4n) is 3.00. The molecule has 9 heteroatoms. The van der Waals surface area contributed by atoms with Crippen molar-refractivity contribution in [3.05, 3.63) is 77.1 Å². The molecule has 0 radical (unpaired) electrons. The molecule has 4 aromatic rings. The molecule has 0 aliphatic carbocycles. The Labute approximate surface area is 168 Å². The van der Waals surface area contributed by atoms with Gasteiger partial charge in [-0.15, -0.1) is 0 Å². The molecule has 0 aliphatic rings. The summed E-state index contributed by atoms with van der Waals surface area (Å²) in [5, 5.41) is 0.818. The number of rotatable bonds is 6. The number of benzene rings is 2. The summed E-state index contributed by atoms with van der Waals surface area (Å²) in [4.78, 5) is 21.9. The van der Waals surface area contributed by atoms with Crippen LogP contribution in [0.3, 0.4) is 0 Å². The average molecular weight is 414 g/mol. The Morgan fingerprint density at radius 2 is 1.90 bits per heavy atom. The summed E-state index contributed by atoms with van der Waals surface area (Å²) in [6.07, 6.45) is 2.55. The van der Waals surface area contributed by atoms with E-state index in [0.29, 0.717) is 27.5 Å². The second-order valence-corrected chi connectivity index (χ2v) is 6.98. The number of imidazole rings is 1. The van der Waals surface area contributed by atoms with E-state index < -0.39 is 6.55 Å². The Hall–Kier alpha value is -3.20. The number of hydrogen-bond donors (Lipinski definition) is 0. The zero-order chi connectivity index (χ0) is 20.4. The van der Waals surface area contributed by atoms with Gasteiger partial charge >= 0.3 is 6.55 Å². The molecule has 2 aromatic heterocycles. The van der Waals surface area contributed by atoms with Gasteiger partial charge in [-0.1, -0.05) is 36.0 Å². The van der Waals surface area contributed by atoms with Gasteiger partial charge in [0, 0.05) is 12.4 Å². The van der Waals surface area contributed by atoms with Crippen LogP contribution in [0.1, 0.15) is 12.4 Å². The second kappa shape index (κ2) is 8.04. The van der Waals surface area contributed by atoms with Crippen molar-refractivity contribution in [3.63, 3.8) is 0 Å². The number of para-hydroxylation sites is 3. The number of aromatic nitrogens is 4. The van der Waals surface area contributed by atoms with Gasteiger partial charge in [0.2, 0.25) is 0 Å². The number of thioether (sulfide) groups is 1. The van der Waals surface area contributed by atoms with Crippen molar-refractivity contribution in [1.82, 2.24) is 19.1 Å². The number of halogens is 2. The summed E-state index contributed by atoms with van der Waals surface area (Å²) in [6, 6.07) is 14.1. The van der Waals surface area contributed by atoms with Crippen LogP contribution in [0.4, 0.5) is 8.78 Å². The number of alkyl halides is 2. The van der Waals surface area contributed by atoms with E-state index in [1.165, 1.54) is 24.1 Å². The smallest absolute Gasteiger partial charge is 0.319 e. The molecule has 0 saturated carbocycles. The SMILES string of the molecule is COc1ccccc1-n1c(SCc2nccn2C(F)F)nc2ccccc2c1=O. The van der Waals surface area contributed by atoms with E-state index in [2.05, 4.69) is 9.97 Å². The lowest BCUT2D eigenvalue weighted by molar-refractivity contribution is 0.0678. The topological polar surface area (TPSA) is 61.9 Å². The number of hydrogen-bond acceptors (Lipinski definition) is 5. The molecule has 0 N–H and O–H groups in total. The third-order valence-electron chi connectivity index (χ3n) is 4.36. The molecular weight excluding hydrogens is 398 g/mol. The summed E-state index contributed by atoms with van der Waals surface area (Å²) in [5.74, 6) is 0.818. The molecule has 0 atom stereocenters. The predicted molar refractivity (Wildman–Crippen MR) is 107 cm³/mol. The quantitative estimate of drug-likeness (QED) is 0.348. The van der Waals surface area contributed by atoms with E-state index in [1.54, 1.807) is 48.5 Å². The van der Waals surface area contributed by atoms with Crippen LogP contribution >= 0.6 is 11.8 Å². The Morgan fingerprint density at radius 3 is 2.69 bits per heavy atom. The number of fused-ring (bicyclic) bond motifs is 1. The number of ether oxygens (including phenoxy) is 1. The molecule has 148 valence electrons. The lowest BCUT2D eigenvalue weighted by Crippen LogP contribution is -2.22. The average Bonchev–Trinajstić information content (AvgIpc) is 3.21. The molecule has 0 amide bonds. The maximum absolute atomic E-state index is 13.3.